The highest BCUT2D eigenvalue weighted by atomic mass is 16.3. The number of furan rings is 1. The molecular weight excluding hydrogens is 464 g/mol. The Morgan fingerprint density at radius 1 is 0.789 bits per heavy atom. The molecule has 6 rings (SSSR count). The van der Waals surface area contributed by atoms with Crippen molar-refractivity contribution >= 4 is 22.0 Å². The van der Waals surface area contributed by atoms with E-state index in [1.165, 1.54) is 16.7 Å². The molecule has 6 aromatic rings. The van der Waals surface area contributed by atoms with E-state index in [0.717, 1.165) is 27.8 Å². The number of para-hydroxylation sites is 2. The summed E-state index contributed by atoms with van der Waals surface area (Å²) in [6, 6.07) is 29.9. The first-order chi connectivity index (χ1) is 19.3. The summed E-state index contributed by atoms with van der Waals surface area (Å²) < 4.78 is 26.0. The smallest absolute Gasteiger partial charge is 0.145 e. The van der Waals surface area contributed by atoms with E-state index in [0.29, 0.717) is 35.1 Å². The van der Waals surface area contributed by atoms with Crippen LogP contribution >= 0.6 is 0 Å². The molecule has 2 aromatic heterocycles. The van der Waals surface area contributed by atoms with Gasteiger partial charge in [-0.25, -0.2) is 4.98 Å². The molecule has 0 saturated heterocycles. The molecule has 0 radical (unpaired) electrons. The van der Waals surface area contributed by atoms with Crippen LogP contribution in [0.2, 0.25) is 0 Å². The van der Waals surface area contributed by atoms with Crippen molar-refractivity contribution in [2.45, 2.75) is 52.4 Å². The van der Waals surface area contributed by atoms with Crippen LogP contribution in [0.15, 0.2) is 102 Å². The second-order valence-electron chi connectivity index (χ2n) is 10.6. The Bertz CT molecular complexity index is 1790. The molecule has 0 aliphatic heterocycles. The molecule has 0 aliphatic carbocycles. The van der Waals surface area contributed by atoms with Gasteiger partial charge in [0.1, 0.15) is 17.7 Å². The van der Waals surface area contributed by atoms with Crippen LogP contribution in [0, 0.1) is 0 Å². The first kappa shape index (κ1) is 21.9. The quantitative estimate of drug-likeness (QED) is 0.219. The van der Waals surface area contributed by atoms with Crippen molar-refractivity contribution in [3.05, 3.63) is 125 Å². The first-order valence-electron chi connectivity index (χ1n) is 14.4. The van der Waals surface area contributed by atoms with Crippen LogP contribution in [0.1, 0.15) is 70.1 Å². The number of aromatic nitrogens is 2. The molecule has 0 atom stereocenters. The average Bonchev–Trinajstić information content (AvgIpc) is 3.54. The Labute approximate surface area is 227 Å². The minimum absolute atomic E-state index is 0.403. The fourth-order valence-electron chi connectivity index (χ4n) is 5.45. The third-order valence-electron chi connectivity index (χ3n) is 7.34. The molecule has 4 aromatic carbocycles. The summed E-state index contributed by atoms with van der Waals surface area (Å²) >= 11 is 0. The van der Waals surface area contributed by atoms with Gasteiger partial charge >= 0.3 is 0 Å². The number of hydrogen-bond donors (Lipinski definition) is 0. The highest BCUT2D eigenvalue weighted by Gasteiger charge is 2.21. The Kier molecular flexibility index (Phi) is 5.76. The third kappa shape index (κ3) is 4.43. The number of fused-ring (bicyclic) bond motifs is 2. The maximum atomic E-state index is 8.80. The molecule has 190 valence electrons. The Morgan fingerprint density at radius 3 is 2.24 bits per heavy atom. The molecule has 3 heteroatoms. The van der Waals surface area contributed by atoms with Gasteiger partial charge in [0.25, 0.3) is 0 Å². The summed E-state index contributed by atoms with van der Waals surface area (Å²) in [6.07, 6.45) is 0.130. The van der Waals surface area contributed by atoms with Gasteiger partial charge in [0.2, 0.25) is 0 Å². The summed E-state index contributed by atoms with van der Waals surface area (Å²) in [6.45, 7) is 9.73. The molecule has 38 heavy (non-hydrogen) atoms. The molecule has 0 amide bonds. The van der Waals surface area contributed by atoms with Gasteiger partial charge in [-0.15, -0.1) is 0 Å². The molecule has 2 heterocycles. The van der Waals surface area contributed by atoms with Crippen LogP contribution in [0.5, 0.6) is 0 Å². The van der Waals surface area contributed by atoms with Crippen molar-refractivity contribution in [1.82, 2.24) is 9.55 Å². The van der Waals surface area contributed by atoms with Crippen LogP contribution in [0.4, 0.5) is 0 Å². The highest BCUT2D eigenvalue weighted by molar-refractivity contribution is 5.94. The van der Waals surface area contributed by atoms with Gasteiger partial charge in [0.15, 0.2) is 0 Å². The zero-order valence-electron chi connectivity index (χ0n) is 24.4. The number of rotatable bonds is 7. The van der Waals surface area contributed by atoms with Gasteiger partial charge in [-0.2, -0.15) is 0 Å². The standard InChI is InChI=1S/C35H34N2O/c1-23(2)27-13-10-14-28(24(3)4)30(27)21-37-33-16-9-8-15-32(33)36-35(37)31-22-38-34-20-26(17-18-29(31)34)19-25-11-6-5-7-12-25/h5-18,20,22-24H,19,21H2,1-4H3/i19D2. The van der Waals surface area contributed by atoms with Crippen molar-refractivity contribution in [2.24, 2.45) is 0 Å². The molecule has 3 nitrogen and oxygen atoms in total. The van der Waals surface area contributed by atoms with E-state index in [1.54, 1.807) is 6.26 Å². The number of hydrogen-bond acceptors (Lipinski definition) is 2. The summed E-state index contributed by atoms with van der Waals surface area (Å²) in [5.41, 5.74) is 8.83. The van der Waals surface area contributed by atoms with Crippen molar-refractivity contribution in [3.8, 4) is 11.4 Å². The van der Waals surface area contributed by atoms with Crippen molar-refractivity contribution in [2.75, 3.05) is 0 Å². The van der Waals surface area contributed by atoms with Gasteiger partial charge < -0.3 is 8.98 Å². The SMILES string of the molecule is [2H]C([2H])(c1ccccc1)c1ccc2c(-c3nc4ccccc4n3Cc3c(C(C)C)cccc3C(C)C)coc2c1. The second-order valence-corrected chi connectivity index (χ2v) is 10.6. The molecule has 0 bridgehead atoms. The number of benzene rings is 4. The lowest BCUT2D eigenvalue weighted by Gasteiger charge is -2.21. The largest absolute Gasteiger partial charge is 0.464 e. The number of imidazole rings is 1. The topological polar surface area (TPSA) is 31.0 Å². The van der Waals surface area contributed by atoms with E-state index >= 15 is 0 Å². The maximum absolute atomic E-state index is 8.80. The van der Waals surface area contributed by atoms with Gasteiger partial charge in [0.05, 0.1) is 23.1 Å². The molecular formula is C35H34N2O. The van der Waals surface area contributed by atoms with Crippen LogP contribution in [-0.2, 0) is 12.9 Å². The van der Waals surface area contributed by atoms with E-state index in [1.807, 2.05) is 54.6 Å². The predicted molar refractivity (Wildman–Crippen MR) is 158 cm³/mol. The molecule has 0 saturated carbocycles. The maximum Gasteiger partial charge on any atom is 0.145 e. The monoisotopic (exact) mass is 500 g/mol. The summed E-state index contributed by atoms with van der Waals surface area (Å²) in [5, 5.41) is 0.922. The average molecular weight is 501 g/mol. The second kappa shape index (κ2) is 9.98. The minimum Gasteiger partial charge on any atom is -0.464 e. The van der Waals surface area contributed by atoms with Gasteiger partial charge in [-0.1, -0.05) is 100 Å². The molecule has 0 unspecified atom stereocenters. The van der Waals surface area contributed by atoms with Crippen molar-refractivity contribution in [3.63, 3.8) is 0 Å². The third-order valence-corrected chi connectivity index (χ3v) is 7.34. The fourth-order valence-corrected chi connectivity index (χ4v) is 5.45. The normalized spacial score (nSPS) is 13.0. The minimum atomic E-state index is -1.64. The van der Waals surface area contributed by atoms with E-state index in [4.69, 9.17) is 12.1 Å². The first-order valence-corrected chi connectivity index (χ1v) is 13.4. The molecule has 0 spiro atoms. The Hall–Kier alpha value is -4.11. The predicted octanol–water partition coefficient (Wildman–Crippen LogP) is 9.34. The molecule has 0 aliphatic rings. The summed E-state index contributed by atoms with van der Waals surface area (Å²) in [7, 11) is 0. The van der Waals surface area contributed by atoms with Crippen LogP contribution in [0.3, 0.4) is 0 Å². The van der Waals surface area contributed by atoms with Crippen molar-refractivity contribution < 1.29 is 7.16 Å². The van der Waals surface area contributed by atoms with E-state index in [2.05, 4.69) is 68.7 Å². The van der Waals surface area contributed by atoms with E-state index < -0.39 is 6.37 Å². The van der Waals surface area contributed by atoms with Crippen LogP contribution in [-0.4, -0.2) is 9.55 Å². The summed E-state index contributed by atoms with van der Waals surface area (Å²) in [5.74, 6) is 1.66. The zero-order valence-corrected chi connectivity index (χ0v) is 22.4. The van der Waals surface area contributed by atoms with E-state index in [-0.39, 0.29) is 0 Å². The lowest BCUT2D eigenvalue weighted by molar-refractivity contribution is 0.615. The van der Waals surface area contributed by atoms with Crippen LogP contribution < -0.4 is 0 Å². The fraction of sp³-hybridized carbons (Fsp3) is 0.229. The van der Waals surface area contributed by atoms with Gasteiger partial charge in [-0.05, 0) is 64.2 Å². The van der Waals surface area contributed by atoms with E-state index in [9.17, 15) is 0 Å². The molecule has 0 fully saturated rings. The lowest BCUT2D eigenvalue weighted by Crippen LogP contribution is -2.10. The Morgan fingerprint density at radius 2 is 1.50 bits per heavy atom. The van der Waals surface area contributed by atoms with Gasteiger partial charge in [-0.3, -0.25) is 0 Å². The highest BCUT2D eigenvalue weighted by Crippen LogP contribution is 2.36. The summed E-state index contributed by atoms with van der Waals surface area (Å²) in [4.78, 5) is 5.10. The van der Waals surface area contributed by atoms with Crippen molar-refractivity contribution in [1.29, 1.82) is 0 Å². The van der Waals surface area contributed by atoms with Crippen LogP contribution in [0.25, 0.3) is 33.4 Å². The lowest BCUT2D eigenvalue weighted by atomic mass is 9.88. The zero-order chi connectivity index (χ0) is 28.0. The van der Waals surface area contributed by atoms with Gasteiger partial charge in [0, 0.05) is 8.13 Å². The molecule has 0 N–H and O–H groups in total. The number of nitrogens with zero attached hydrogens (tertiary/aromatic N) is 2. The Balaban J connectivity index is 1.50.